The molecule has 0 fully saturated rings. The second-order valence-electron chi connectivity index (χ2n) is 7.92. The molecule has 4 rings (SSSR count). The van der Waals surface area contributed by atoms with E-state index in [1.165, 1.54) is 0 Å². The zero-order valence-electron chi connectivity index (χ0n) is 18.6. The summed E-state index contributed by atoms with van der Waals surface area (Å²) >= 11 is 8.71. The third-order valence-electron chi connectivity index (χ3n) is 5.61. The lowest BCUT2D eigenvalue weighted by molar-refractivity contribution is 0.545. The Morgan fingerprint density at radius 2 is 1.88 bits per heavy atom. The van der Waals surface area contributed by atoms with E-state index in [0.29, 0.717) is 24.3 Å². The third-order valence-corrected chi connectivity index (χ3v) is 7.53. The van der Waals surface area contributed by atoms with E-state index in [-0.39, 0.29) is 23.3 Å². The average molecular weight is 581 g/mol. The number of hydrogen-bond donors (Lipinski definition) is 2. The number of rotatable bonds is 9. The summed E-state index contributed by atoms with van der Waals surface area (Å²) in [5.74, 6) is 0.0321. The van der Waals surface area contributed by atoms with Crippen molar-refractivity contribution in [1.82, 2.24) is 34.0 Å². The smallest absolute Gasteiger partial charge is 0.330 e. The fraction of sp³-hybridized carbons (Fsp3) is 0.364. The van der Waals surface area contributed by atoms with E-state index < -0.39 is 0 Å². The van der Waals surface area contributed by atoms with Gasteiger partial charge in [-0.15, -0.1) is 0 Å². The molecule has 0 amide bonds. The lowest BCUT2D eigenvalue weighted by Crippen LogP contribution is -2.30. The van der Waals surface area contributed by atoms with Crippen LogP contribution >= 0.6 is 34.2 Å². The maximum absolute atomic E-state index is 13.4. The Morgan fingerprint density at radius 1 is 1.12 bits per heavy atom. The van der Waals surface area contributed by atoms with Crippen LogP contribution in [0.4, 0.5) is 5.95 Å². The Kier molecular flexibility index (Phi) is 7.35. The number of pyridine rings is 1. The molecule has 174 valence electrons. The van der Waals surface area contributed by atoms with Crippen LogP contribution in [0.5, 0.6) is 0 Å². The fourth-order valence-electron chi connectivity index (χ4n) is 3.82. The van der Waals surface area contributed by atoms with Gasteiger partial charge in [0.2, 0.25) is 5.95 Å². The molecular weight excluding hydrogens is 555 g/mol. The summed E-state index contributed by atoms with van der Waals surface area (Å²) in [6, 6.07) is 4.03. The van der Waals surface area contributed by atoms with Gasteiger partial charge in [-0.05, 0) is 72.7 Å². The second kappa shape index (κ2) is 10.2. The van der Waals surface area contributed by atoms with Gasteiger partial charge in [0.15, 0.2) is 10.8 Å². The Hall–Kier alpha value is -2.44. The molecule has 4 aromatic heterocycles. The summed E-state index contributed by atoms with van der Waals surface area (Å²) in [5, 5.41) is 3.57. The summed E-state index contributed by atoms with van der Waals surface area (Å²) in [6.07, 6.45) is 6.91. The zero-order chi connectivity index (χ0) is 23.5. The molecule has 0 unspecified atom stereocenters. The number of nitrogens with one attached hydrogen (secondary N) is 1. The SMILES string of the molecule is Cc1cnc(Cn2c(=O)n(CCNCCCn3cccc3)c3c(Cl)nc(N)nc32)c(C)c1I. The maximum atomic E-state index is 13.4. The standard InChI is InChI=1S/C22H26ClIN8O/c1-14-12-27-16(15(2)17(14)24)13-32-20-18(19(23)28-21(25)29-20)31(22(32)33)11-7-26-6-5-10-30-8-3-4-9-30/h3-4,8-9,12,26H,5-7,10-11,13H2,1-2H3,(H2,25,28,29). The number of hydrogen-bond acceptors (Lipinski definition) is 6. The predicted molar refractivity (Wildman–Crippen MR) is 139 cm³/mol. The van der Waals surface area contributed by atoms with Crippen LogP contribution in [0.2, 0.25) is 5.15 Å². The van der Waals surface area contributed by atoms with Crippen LogP contribution in [0.1, 0.15) is 23.2 Å². The van der Waals surface area contributed by atoms with E-state index >= 15 is 0 Å². The van der Waals surface area contributed by atoms with Crippen LogP contribution < -0.4 is 16.7 Å². The van der Waals surface area contributed by atoms with Gasteiger partial charge < -0.3 is 15.6 Å². The highest BCUT2D eigenvalue weighted by atomic mass is 127. The van der Waals surface area contributed by atoms with E-state index in [0.717, 1.165) is 39.9 Å². The van der Waals surface area contributed by atoms with Crippen molar-refractivity contribution < 1.29 is 0 Å². The summed E-state index contributed by atoms with van der Waals surface area (Å²) in [5.41, 5.74) is 9.50. The summed E-state index contributed by atoms with van der Waals surface area (Å²) in [6.45, 7) is 7.15. The van der Waals surface area contributed by atoms with Crippen LogP contribution in [0.3, 0.4) is 0 Å². The largest absolute Gasteiger partial charge is 0.368 e. The van der Waals surface area contributed by atoms with Gasteiger partial charge in [-0.1, -0.05) is 11.6 Å². The predicted octanol–water partition coefficient (Wildman–Crippen LogP) is 2.97. The van der Waals surface area contributed by atoms with Crippen LogP contribution in [0.15, 0.2) is 35.5 Å². The molecule has 0 saturated heterocycles. The lowest BCUT2D eigenvalue weighted by atomic mass is 10.1. The number of nitrogen functional groups attached to an aromatic ring is 1. The van der Waals surface area contributed by atoms with Gasteiger partial charge in [0.1, 0.15) is 5.52 Å². The topological polar surface area (TPSA) is 109 Å². The minimum Gasteiger partial charge on any atom is -0.368 e. The quantitative estimate of drug-likeness (QED) is 0.179. The molecule has 0 atom stereocenters. The van der Waals surface area contributed by atoms with Crippen LogP contribution in [0, 0.1) is 17.4 Å². The molecule has 3 N–H and O–H groups in total. The number of imidazole rings is 1. The number of anilines is 1. The fourth-order valence-corrected chi connectivity index (χ4v) is 4.54. The van der Waals surface area contributed by atoms with Crippen molar-refractivity contribution in [2.45, 2.75) is 39.9 Å². The molecule has 0 spiro atoms. The molecule has 4 heterocycles. The normalized spacial score (nSPS) is 11.5. The van der Waals surface area contributed by atoms with Crippen LogP contribution in [0.25, 0.3) is 11.2 Å². The van der Waals surface area contributed by atoms with Gasteiger partial charge >= 0.3 is 5.69 Å². The molecule has 0 radical (unpaired) electrons. The first kappa shape index (κ1) is 23.7. The van der Waals surface area contributed by atoms with Crippen molar-refractivity contribution in [3.8, 4) is 0 Å². The number of nitrogens with two attached hydrogens (primary N) is 1. The van der Waals surface area contributed by atoms with Crippen LogP contribution in [-0.4, -0.2) is 41.7 Å². The first-order valence-electron chi connectivity index (χ1n) is 10.7. The summed E-state index contributed by atoms with van der Waals surface area (Å²) < 4.78 is 6.46. The molecule has 0 aliphatic carbocycles. The second-order valence-corrected chi connectivity index (χ2v) is 9.35. The molecule has 0 saturated carbocycles. The van der Waals surface area contributed by atoms with Crippen molar-refractivity contribution in [2.75, 3.05) is 18.8 Å². The van der Waals surface area contributed by atoms with Gasteiger partial charge in [0.05, 0.1) is 12.2 Å². The van der Waals surface area contributed by atoms with Gasteiger partial charge in [-0.25, -0.2) is 4.79 Å². The van der Waals surface area contributed by atoms with Crippen LogP contribution in [-0.2, 0) is 19.6 Å². The van der Waals surface area contributed by atoms with Crippen molar-refractivity contribution in [3.05, 3.63) is 66.8 Å². The highest BCUT2D eigenvalue weighted by molar-refractivity contribution is 14.1. The molecule has 9 nitrogen and oxygen atoms in total. The Balaban J connectivity index is 1.56. The van der Waals surface area contributed by atoms with Crippen molar-refractivity contribution in [2.24, 2.45) is 0 Å². The Labute approximate surface area is 210 Å². The zero-order valence-corrected chi connectivity index (χ0v) is 21.5. The van der Waals surface area contributed by atoms with Gasteiger partial charge in [0, 0.05) is 41.8 Å². The number of fused-ring (bicyclic) bond motifs is 1. The Bertz CT molecular complexity index is 1330. The maximum Gasteiger partial charge on any atom is 0.330 e. The average Bonchev–Trinajstić information content (AvgIpc) is 3.38. The van der Waals surface area contributed by atoms with E-state index in [1.54, 1.807) is 9.13 Å². The summed E-state index contributed by atoms with van der Waals surface area (Å²) in [7, 11) is 0. The molecule has 4 aromatic rings. The lowest BCUT2D eigenvalue weighted by Gasteiger charge is -2.09. The monoisotopic (exact) mass is 580 g/mol. The van der Waals surface area contributed by atoms with E-state index in [4.69, 9.17) is 17.3 Å². The molecule has 0 aromatic carbocycles. The van der Waals surface area contributed by atoms with E-state index in [1.807, 2.05) is 44.6 Å². The minimum atomic E-state index is -0.210. The third kappa shape index (κ3) is 5.07. The number of aryl methyl sites for hydroxylation is 2. The first-order chi connectivity index (χ1) is 15.9. The Morgan fingerprint density at radius 3 is 2.64 bits per heavy atom. The molecule has 0 aliphatic rings. The van der Waals surface area contributed by atoms with Crippen molar-refractivity contribution in [3.63, 3.8) is 0 Å². The van der Waals surface area contributed by atoms with E-state index in [2.05, 4.69) is 47.4 Å². The van der Waals surface area contributed by atoms with Crippen molar-refractivity contribution >= 4 is 51.3 Å². The molecule has 11 heteroatoms. The highest BCUT2D eigenvalue weighted by Crippen LogP contribution is 2.23. The first-order valence-corrected chi connectivity index (χ1v) is 12.2. The number of aromatic nitrogens is 6. The number of nitrogens with zero attached hydrogens (tertiary/aromatic N) is 6. The molecule has 0 bridgehead atoms. The van der Waals surface area contributed by atoms with Crippen molar-refractivity contribution in [1.29, 1.82) is 0 Å². The number of halogens is 2. The summed E-state index contributed by atoms with van der Waals surface area (Å²) in [4.78, 5) is 26.4. The van der Waals surface area contributed by atoms with Gasteiger partial charge in [0.25, 0.3) is 0 Å². The molecule has 33 heavy (non-hydrogen) atoms. The molecule has 0 aliphatic heterocycles. The van der Waals surface area contributed by atoms with Gasteiger partial charge in [-0.3, -0.25) is 14.1 Å². The van der Waals surface area contributed by atoms with Gasteiger partial charge in [-0.2, -0.15) is 9.97 Å². The minimum absolute atomic E-state index is 0.0321. The molecular formula is C22H26ClIN8O. The van der Waals surface area contributed by atoms with E-state index in [9.17, 15) is 4.79 Å². The highest BCUT2D eigenvalue weighted by Gasteiger charge is 2.20.